The van der Waals surface area contributed by atoms with Crippen molar-refractivity contribution in [3.63, 3.8) is 0 Å². The molecule has 0 aliphatic rings. The smallest absolute Gasteiger partial charge is 0.244 e. The predicted octanol–water partition coefficient (Wildman–Crippen LogP) is 1.85. The van der Waals surface area contributed by atoms with Crippen LogP contribution in [0.15, 0.2) is 18.2 Å². The topological polar surface area (TPSA) is 65.4 Å². The number of carbonyl (C=O) groups excluding carboxylic acids is 1. The zero-order chi connectivity index (χ0) is 14.4. The first-order valence-electron chi connectivity index (χ1n) is 6.13. The van der Waals surface area contributed by atoms with Crippen molar-refractivity contribution in [2.45, 2.75) is 19.9 Å². The molecule has 5 nitrogen and oxygen atoms in total. The van der Waals surface area contributed by atoms with E-state index < -0.39 is 6.04 Å². The summed E-state index contributed by atoms with van der Waals surface area (Å²) in [6.45, 7) is 4.33. The molecule has 0 heterocycles. The van der Waals surface area contributed by atoms with Crippen LogP contribution in [0.3, 0.4) is 0 Å². The number of hydrogen-bond donors (Lipinski definition) is 1. The normalized spacial score (nSPS) is 11.3. The zero-order valence-electron chi connectivity index (χ0n) is 11.7. The molecule has 102 valence electrons. The Labute approximate surface area is 113 Å². The molecule has 0 aliphatic heterocycles. The van der Waals surface area contributed by atoms with Gasteiger partial charge in [-0.25, -0.2) is 0 Å². The van der Waals surface area contributed by atoms with Gasteiger partial charge in [0.1, 0.15) is 17.9 Å². The highest BCUT2D eigenvalue weighted by Gasteiger charge is 2.17. The summed E-state index contributed by atoms with van der Waals surface area (Å²) in [5.74, 6) is 0.624. The van der Waals surface area contributed by atoms with Crippen molar-refractivity contribution in [1.82, 2.24) is 4.90 Å². The van der Waals surface area contributed by atoms with E-state index in [1.807, 2.05) is 6.92 Å². The van der Waals surface area contributed by atoms with Crippen LogP contribution in [0.4, 0.5) is 5.69 Å². The van der Waals surface area contributed by atoms with Crippen molar-refractivity contribution < 1.29 is 9.53 Å². The van der Waals surface area contributed by atoms with Crippen LogP contribution in [-0.4, -0.2) is 37.6 Å². The lowest BCUT2D eigenvalue weighted by molar-refractivity contribution is -0.130. The second kappa shape index (κ2) is 6.64. The monoisotopic (exact) mass is 261 g/mol. The number of benzene rings is 1. The molecule has 1 unspecified atom stereocenters. The van der Waals surface area contributed by atoms with Crippen LogP contribution in [0, 0.1) is 11.3 Å². The molecule has 1 aromatic carbocycles. The van der Waals surface area contributed by atoms with Gasteiger partial charge in [-0.1, -0.05) is 0 Å². The molecule has 0 bridgehead atoms. The summed E-state index contributed by atoms with van der Waals surface area (Å²) in [7, 11) is 3.31. The van der Waals surface area contributed by atoms with E-state index >= 15 is 0 Å². The van der Waals surface area contributed by atoms with Gasteiger partial charge < -0.3 is 15.0 Å². The van der Waals surface area contributed by atoms with E-state index in [0.717, 1.165) is 0 Å². The lowest BCUT2D eigenvalue weighted by Gasteiger charge is -2.22. The Balaban J connectivity index is 2.92. The zero-order valence-corrected chi connectivity index (χ0v) is 11.7. The maximum atomic E-state index is 12.0. The standard InChI is InChI=1S/C14H19N3O2/c1-5-17(3)14(18)10(2)16-13-8-12(19-4)7-6-11(13)9-15/h6-8,10,16H,5H2,1-4H3. The van der Waals surface area contributed by atoms with Gasteiger partial charge in [0.25, 0.3) is 0 Å². The summed E-state index contributed by atoms with van der Waals surface area (Å²) in [5.41, 5.74) is 1.09. The van der Waals surface area contributed by atoms with Crippen LogP contribution in [0.1, 0.15) is 19.4 Å². The van der Waals surface area contributed by atoms with Gasteiger partial charge in [-0.15, -0.1) is 0 Å². The summed E-state index contributed by atoms with van der Waals surface area (Å²) in [6, 6.07) is 6.79. The number of carbonyl (C=O) groups is 1. The van der Waals surface area contributed by atoms with Gasteiger partial charge in [0.15, 0.2) is 0 Å². The molecule has 1 N–H and O–H groups in total. The summed E-state index contributed by atoms with van der Waals surface area (Å²) >= 11 is 0. The van der Waals surface area contributed by atoms with Crippen molar-refractivity contribution in [3.8, 4) is 11.8 Å². The number of methoxy groups -OCH3 is 1. The Morgan fingerprint density at radius 2 is 2.26 bits per heavy atom. The maximum Gasteiger partial charge on any atom is 0.244 e. The minimum Gasteiger partial charge on any atom is -0.497 e. The van der Waals surface area contributed by atoms with Gasteiger partial charge in [0.05, 0.1) is 18.4 Å². The molecule has 0 spiro atoms. The number of amides is 1. The van der Waals surface area contributed by atoms with Crippen molar-refractivity contribution in [1.29, 1.82) is 5.26 Å². The summed E-state index contributed by atoms with van der Waals surface area (Å²) in [4.78, 5) is 13.6. The molecule has 1 rings (SSSR count). The van der Waals surface area contributed by atoms with Crippen LogP contribution < -0.4 is 10.1 Å². The van der Waals surface area contributed by atoms with Gasteiger partial charge in [0, 0.05) is 19.7 Å². The van der Waals surface area contributed by atoms with Crippen LogP contribution in [0.25, 0.3) is 0 Å². The first-order valence-corrected chi connectivity index (χ1v) is 6.13. The number of rotatable bonds is 5. The number of hydrogen-bond acceptors (Lipinski definition) is 4. The number of ether oxygens (including phenoxy) is 1. The minimum atomic E-state index is -0.399. The van der Waals surface area contributed by atoms with Crippen LogP contribution in [0.5, 0.6) is 5.75 Å². The van der Waals surface area contributed by atoms with E-state index in [9.17, 15) is 4.79 Å². The predicted molar refractivity (Wildman–Crippen MR) is 74.1 cm³/mol. The molecule has 0 aromatic heterocycles. The average Bonchev–Trinajstić information content (AvgIpc) is 2.45. The van der Waals surface area contributed by atoms with Crippen LogP contribution in [0.2, 0.25) is 0 Å². The number of nitriles is 1. The van der Waals surface area contributed by atoms with E-state index in [1.165, 1.54) is 0 Å². The number of likely N-dealkylation sites (N-methyl/N-ethyl adjacent to an activating group) is 1. The van der Waals surface area contributed by atoms with E-state index in [2.05, 4.69) is 11.4 Å². The quantitative estimate of drug-likeness (QED) is 0.878. The van der Waals surface area contributed by atoms with E-state index in [-0.39, 0.29) is 5.91 Å². The molecule has 1 amide bonds. The number of nitrogens with one attached hydrogen (secondary N) is 1. The fourth-order valence-corrected chi connectivity index (χ4v) is 1.65. The van der Waals surface area contributed by atoms with Crippen molar-refractivity contribution in [2.75, 3.05) is 26.0 Å². The molecule has 0 radical (unpaired) electrons. The van der Waals surface area contributed by atoms with Crippen molar-refractivity contribution in [2.24, 2.45) is 0 Å². The SMILES string of the molecule is CCN(C)C(=O)C(C)Nc1cc(OC)ccc1C#N. The minimum absolute atomic E-state index is 0.0193. The van der Waals surface area contributed by atoms with E-state index in [1.54, 1.807) is 44.2 Å². The first-order chi connectivity index (χ1) is 9.03. The highest BCUT2D eigenvalue weighted by molar-refractivity contribution is 5.84. The Kier molecular flexibility index (Phi) is 5.19. The van der Waals surface area contributed by atoms with E-state index in [0.29, 0.717) is 23.5 Å². The Hall–Kier alpha value is -2.22. The molecular weight excluding hydrogens is 242 g/mol. The third-order valence-corrected chi connectivity index (χ3v) is 2.94. The average molecular weight is 261 g/mol. The van der Waals surface area contributed by atoms with Crippen LogP contribution >= 0.6 is 0 Å². The fraction of sp³-hybridized carbons (Fsp3) is 0.429. The summed E-state index contributed by atoms with van der Waals surface area (Å²) in [6.07, 6.45) is 0. The Morgan fingerprint density at radius 1 is 1.58 bits per heavy atom. The molecule has 0 aliphatic carbocycles. The molecule has 1 atom stereocenters. The highest BCUT2D eigenvalue weighted by Crippen LogP contribution is 2.22. The Bertz CT molecular complexity index is 494. The van der Waals surface area contributed by atoms with Crippen molar-refractivity contribution in [3.05, 3.63) is 23.8 Å². The van der Waals surface area contributed by atoms with Crippen molar-refractivity contribution >= 4 is 11.6 Å². The largest absolute Gasteiger partial charge is 0.497 e. The van der Waals surface area contributed by atoms with Gasteiger partial charge in [-0.05, 0) is 26.0 Å². The van der Waals surface area contributed by atoms with Gasteiger partial charge in [-0.2, -0.15) is 5.26 Å². The second-order valence-corrected chi connectivity index (χ2v) is 4.24. The lowest BCUT2D eigenvalue weighted by Crippen LogP contribution is -2.38. The molecule has 19 heavy (non-hydrogen) atoms. The number of anilines is 1. The fourth-order valence-electron chi connectivity index (χ4n) is 1.65. The molecule has 0 saturated carbocycles. The third-order valence-electron chi connectivity index (χ3n) is 2.94. The maximum absolute atomic E-state index is 12.0. The highest BCUT2D eigenvalue weighted by atomic mass is 16.5. The van der Waals surface area contributed by atoms with E-state index in [4.69, 9.17) is 10.00 Å². The lowest BCUT2D eigenvalue weighted by atomic mass is 10.1. The molecule has 1 aromatic rings. The summed E-state index contributed by atoms with van der Waals surface area (Å²) in [5, 5.41) is 12.1. The molecular formula is C14H19N3O2. The first kappa shape index (κ1) is 14.8. The van der Waals surface area contributed by atoms with Gasteiger partial charge in [0.2, 0.25) is 5.91 Å². The van der Waals surface area contributed by atoms with Gasteiger partial charge in [-0.3, -0.25) is 4.79 Å². The second-order valence-electron chi connectivity index (χ2n) is 4.24. The summed E-state index contributed by atoms with van der Waals surface area (Å²) < 4.78 is 5.12. The molecule has 0 fully saturated rings. The van der Waals surface area contributed by atoms with Gasteiger partial charge >= 0.3 is 0 Å². The number of nitrogens with zero attached hydrogens (tertiary/aromatic N) is 2. The Morgan fingerprint density at radius 3 is 2.79 bits per heavy atom. The molecule has 5 heteroatoms. The molecule has 0 saturated heterocycles. The third kappa shape index (κ3) is 3.62. The van der Waals surface area contributed by atoms with Crippen LogP contribution in [-0.2, 0) is 4.79 Å².